The van der Waals surface area contributed by atoms with Crippen LogP contribution in [0.2, 0.25) is 0 Å². The summed E-state index contributed by atoms with van der Waals surface area (Å²) in [6.45, 7) is 1.90. The summed E-state index contributed by atoms with van der Waals surface area (Å²) < 4.78 is 6.90. The Morgan fingerprint density at radius 1 is 1.30 bits per heavy atom. The van der Waals surface area contributed by atoms with E-state index in [0.717, 1.165) is 31.2 Å². The number of hydrogen-bond acceptors (Lipinski definition) is 6. The summed E-state index contributed by atoms with van der Waals surface area (Å²) in [4.78, 5) is 25.0. The van der Waals surface area contributed by atoms with Crippen LogP contribution < -0.4 is 11.1 Å². The number of nitrogen functional groups attached to an aromatic ring is 1. The highest BCUT2D eigenvalue weighted by atomic mass is 32.1. The van der Waals surface area contributed by atoms with E-state index in [1.807, 2.05) is 13.0 Å². The van der Waals surface area contributed by atoms with E-state index in [0.29, 0.717) is 25.9 Å². The lowest BCUT2D eigenvalue weighted by molar-refractivity contribution is 0.0600. The number of thiazole rings is 1. The van der Waals surface area contributed by atoms with Crippen LogP contribution in [-0.2, 0) is 4.74 Å². The summed E-state index contributed by atoms with van der Waals surface area (Å²) in [5.74, 6) is -0.328. The Hall–Kier alpha value is -2.19. The number of nitrogens with zero attached hydrogens (tertiary/aromatic N) is 1. The van der Waals surface area contributed by atoms with Crippen LogP contribution in [0.1, 0.15) is 57.7 Å². The van der Waals surface area contributed by atoms with Crippen LogP contribution in [0.4, 0.5) is 5.82 Å². The Balaban J connectivity index is 1.95. The van der Waals surface area contributed by atoms with Gasteiger partial charge in [0, 0.05) is 6.04 Å². The Morgan fingerprint density at radius 3 is 2.67 bits per heavy atom. The molecular formula is C19H23N3O3S2. The van der Waals surface area contributed by atoms with Gasteiger partial charge < -0.3 is 15.8 Å². The lowest BCUT2D eigenvalue weighted by atomic mass is 9.95. The van der Waals surface area contributed by atoms with Crippen molar-refractivity contribution in [2.75, 3.05) is 12.8 Å². The first-order valence-electron chi connectivity index (χ1n) is 8.94. The van der Waals surface area contributed by atoms with Gasteiger partial charge in [0.1, 0.15) is 10.7 Å². The number of nitrogens with two attached hydrogens (primary N) is 1. The summed E-state index contributed by atoms with van der Waals surface area (Å²) in [7, 11) is 1.33. The second-order valence-corrected chi connectivity index (χ2v) is 8.36. The molecule has 27 heavy (non-hydrogen) atoms. The Bertz CT molecular complexity index is 927. The lowest BCUT2D eigenvalue weighted by Gasteiger charge is -2.22. The molecule has 0 atom stereocenters. The van der Waals surface area contributed by atoms with Crippen LogP contribution in [0.25, 0.3) is 5.69 Å². The fourth-order valence-electron chi connectivity index (χ4n) is 3.37. The number of esters is 1. The predicted molar refractivity (Wildman–Crippen MR) is 109 cm³/mol. The normalized spacial score (nSPS) is 14.7. The van der Waals surface area contributed by atoms with E-state index >= 15 is 0 Å². The van der Waals surface area contributed by atoms with Crippen LogP contribution >= 0.6 is 23.6 Å². The molecule has 0 radical (unpaired) electrons. The maximum atomic E-state index is 12.7. The van der Waals surface area contributed by atoms with Gasteiger partial charge in [-0.15, -0.1) is 0 Å². The van der Waals surface area contributed by atoms with E-state index in [-0.39, 0.29) is 11.9 Å². The minimum Gasteiger partial charge on any atom is -0.465 e. The molecule has 3 rings (SSSR count). The molecule has 0 unspecified atom stereocenters. The Morgan fingerprint density at radius 2 is 2.00 bits per heavy atom. The van der Waals surface area contributed by atoms with Gasteiger partial charge in [-0.25, -0.2) is 4.79 Å². The quantitative estimate of drug-likeness (QED) is 0.593. The van der Waals surface area contributed by atoms with Crippen molar-refractivity contribution in [2.45, 2.75) is 45.1 Å². The van der Waals surface area contributed by atoms with E-state index in [1.165, 1.54) is 24.9 Å². The zero-order chi connectivity index (χ0) is 19.6. The third-order valence-corrected chi connectivity index (χ3v) is 6.25. The number of aryl methyl sites for hydroxylation is 1. The van der Waals surface area contributed by atoms with Crippen molar-refractivity contribution < 1.29 is 14.3 Å². The molecule has 1 heterocycles. The number of nitrogens with one attached hydrogen (secondary N) is 1. The molecular weight excluding hydrogens is 382 g/mol. The van der Waals surface area contributed by atoms with Crippen molar-refractivity contribution in [1.29, 1.82) is 0 Å². The fourth-order valence-corrected chi connectivity index (χ4v) is 4.63. The van der Waals surface area contributed by atoms with Gasteiger partial charge in [0.05, 0.1) is 18.4 Å². The molecule has 0 spiro atoms. The standard InChI is InChI=1S/C19H23N3O3S2/c1-11-8-9-12(18(24)25-2)10-14(11)22-16(20)15(27-19(22)26)17(23)21-13-6-4-3-5-7-13/h8-10,13H,3-7,20H2,1-2H3,(H,21,23). The minimum absolute atomic E-state index is 0.184. The summed E-state index contributed by atoms with van der Waals surface area (Å²) in [5.41, 5.74) is 8.27. The topological polar surface area (TPSA) is 86.3 Å². The number of aromatic nitrogens is 1. The number of benzene rings is 1. The Kier molecular flexibility index (Phi) is 5.96. The molecule has 0 saturated heterocycles. The summed E-state index contributed by atoms with van der Waals surface area (Å²) in [5, 5.41) is 3.08. The van der Waals surface area contributed by atoms with Crippen molar-refractivity contribution in [3.63, 3.8) is 0 Å². The number of ether oxygens (including phenoxy) is 1. The van der Waals surface area contributed by atoms with Gasteiger partial charge in [0.2, 0.25) is 0 Å². The maximum Gasteiger partial charge on any atom is 0.337 e. The van der Waals surface area contributed by atoms with Crippen LogP contribution in [-0.4, -0.2) is 29.6 Å². The largest absolute Gasteiger partial charge is 0.465 e. The van der Waals surface area contributed by atoms with Crippen molar-refractivity contribution in [2.24, 2.45) is 0 Å². The van der Waals surface area contributed by atoms with Crippen molar-refractivity contribution >= 4 is 41.2 Å². The van der Waals surface area contributed by atoms with E-state index in [1.54, 1.807) is 16.7 Å². The molecule has 0 bridgehead atoms. The molecule has 8 heteroatoms. The zero-order valence-corrected chi connectivity index (χ0v) is 17.0. The smallest absolute Gasteiger partial charge is 0.337 e. The first-order chi connectivity index (χ1) is 12.9. The summed E-state index contributed by atoms with van der Waals surface area (Å²) in [6, 6.07) is 5.37. The second-order valence-electron chi connectivity index (χ2n) is 6.72. The van der Waals surface area contributed by atoms with Crippen LogP contribution in [0, 0.1) is 10.9 Å². The molecule has 2 aromatic rings. The summed E-state index contributed by atoms with van der Waals surface area (Å²) in [6.07, 6.45) is 5.49. The fraction of sp³-hybridized carbons (Fsp3) is 0.421. The monoisotopic (exact) mass is 405 g/mol. The average molecular weight is 406 g/mol. The second kappa shape index (κ2) is 8.22. The van der Waals surface area contributed by atoms with E-state index < -0.39 is 5.97 Å². The minimum atomic E-state index is -0.438. The number of rotatable bonds is 4. The molecule has 3 N–H and O–H groups in total. The number of amides is 1. The van der Waals surface area contributed by atoms with Gasteiger partial charge in [0.25, 0.3) is 5.91 Å². The molecule has 6 nitrogen and oxygen atoms in total. The van der Waals surface area contributed by atoms with Gasteiger partial charge in [-0.1, -0.05) is 36.7 Å². The van der Waals surface area contributed by atoms with E-state index in [4.69, 9.17) is 22.7 Å². The van der Waals surface area contributed by atoms with Gasteiger partial charge in [-0.05, 0) is 49.7 Å². The number of carbonyl (C=O) groups excluding carboxylic acids is 2. The highest BCUT2D eigenvalue weighted by Gasteiger charge is 2.23. The van der Waals surface area contributed by atoms with E-state index in [9.17, 15) is 9.59 Å². The third-order valence-electron chi connectivity index (χ3n) is 4.86. The lowest BCUT2D eigenvalue weighted by Crippen LogP contribution is -2.36. The molecule has 1 fully saturated rings. The molecule has 1 aliphatic carbocycles. The average Bonchev–Trinajstić information content (AvgIpc) is 2.97. The molecule has 144 valence electrons. The van der Waals surface area contributed by atoms with Gasteiger partial charge >= 0.3 is 5.97 Å². The third kappa shape index (κ3) is 4.06. The number of methoxy groups -OCH3 is 1. The predicted octanol–water partition coefficient (Wildman–Crippen LogP) is 4.01. The summed E-state index contributed by atoms with van der Waals surface area (Å²) >= 11 is 6.65. The van der Waals surface area contributed by atoms with E-state index in [2.05, 4.69) is 5.32 Å². The molecule has 1 amide bonds. The van der Waals surface area contributed by atoms with Crippen molar-refractivity contribution in [3.8, 4) is 5.69 Å². The first kappa shape index (κ1) is 19.6. The van der Waals surface area contributed by atoms with Gasteiger partial charge in [-0.2, -0.15) is 0 Å². The molecule has 1 aromatic carbocycles. The molecule has 1 aliphatic rings. The SMILES string of the molecule is COC(=O)c1ccc(C)c(-n2c(N)c(C(=O)NC3CCCCC3)sc2=S)c1. The van der Waals surface area contributed by atoms with Gasteiger partial charge in [0.15, 0.2) is 3.95 Å². The van der Waals surface area contributed by atoms with Crippen molar-refractivity contribution in [3.05, 3.63) is 38.2 Å². The number of carbonyl (C=O) groups is 2. The van der Waals surface area contributed by atoms with Crippen LogP contribution in [0.15, 0.2) is 18.2 Å². The highest BCUT2D eigenvalue weighted by Crippen LogP contribution is 2.29. The zero-order valence-electron chi connectivity index (χ0n) is 15.4. The number of hydrogen-bond donors (Lipinski definition) is 2. The maximum absolute atomic E-state index is 12.7. The van der Waals surface area contributed by atoms with Crippen LogP contribution in [0.3, 0.4) is 0 Å². The number of anilines is 1. The van der Waals surface area contributed by atoms with Gasteiger partial charge in [-0.3, -0.25) is 9.36 Å². The first-order valence-corrected chi connectivity index (χ1v) is 10.2. The van der Waals surface area contributed by atoms with Crippen molar-refractivity contribution in [1.82, 2.24) is 9.88 Å². The molecule has 0 aliphatic heterocycles. The molecule has 1 saturated carbocycles. The van der Waals surface area contributed by atoms with Crippen LogP contribution in [0.5, 0.6) is 0 Å². The highest BCUT2D eigenvalue weighted by molar-refractivity contribution is 7.73. The Labute approximate surface area is 167 Å². The molecule has 1 aromatic heterocycles.